The number of ether oxygens (including phenoxy) is 1. The maximum atomic E-state index is 12.2. The number of halogens is 4. The molecular formula is C12H11BrF3NO2S. The average Bonchev–Trinajstić information content (AvgIpc) is 2.71. The molecule has 3 nitrogen and oxygen atoms in total. The molecule has 1 amide bonds. The molecular weight excluding hydrogens is 359 g/mol. The molecule has 0 aromatic heterocycles. The second-order valence-corrected chi connectivity index (χ2v) is 5.64. The summed E-state index contributed by atoms with van der Waals surface area (Å²) < 4.78 is 41.1. The van der Waals surface area contributed by atoms with Crippen molar-refractivity contribution in [3.63, 3.8) is 0 Å². The first kappa shape index (κ1) is 15.5. The van der Waals surface area contributed by atoms with E-state index in [1.807, 2.05) is 0 Å². The molecule has 1 aromatic carbocycles. The topological polar surface area (TPSA) is 29.5 Å². The van der Waals surface area contributed by atoms with E-state index < -0.39 is 6.36 Å². The number of nitrogens with zero attached hydrogens (tertiary/aromatic N) is 1. The summed E-state index contributed by atoms with van der Waals surface area (Å²) in [6.45, 7) is 0.441. The Balaban J connectivity index is 2.27. The minimum atomic E-state index is -4.76. The van der Waals surface area contributed by atoms with Crippen LogP contribution in [0.4, 0.5) is 18.9 Å². The summed E-state index contributed by atoms with van der Waals surface area (Å²) >= 11 is 7.39. The maximum absolute atomic E-state index is 12.2. The van der Waals surface area contributed by atoms with Gasteiger partial charge in [0, 0.05) is 23.5 Å². The smallest absolute Gasteiger partial charge is 0.406 e. The lowest BCUT2D eigenvalue weighted by Gasteiger charge is -2.19. The molecule has 8 heteroatoms. The van der Waals surface area contributed by atoms with Crippen LogP contribution in [0.15, 0.2) is 22.7 Å². The Morgan fingerprint density at radius 2 is 2.15 bits per heavy atom. The highest BCUT2D eigenvalue weighted by Crippen LogP contribution is 2.36. The molecule has 0 N–H and O–H groups in total. The van der Waals surface area contributed by atoms with Gasteiger partial charge in [-0.1, -0.05) is 0 Å². The summed E-state index contributed by atoms with van der Waals surface area (Å²) in [4.78, 5) is 13.4. The van der Waals surface area contributed by atoms with Crippen LogP contribution in [0.5, 0.6) is 5.75 Å². The number of hydrogen-bond donors (Lipinski definition) is 1. The van der Waals surface area contributed by atoms with E-state index in [4.69, 9.17) is 0 Å². The summed E-state index contributed by atoms with van der Waals surface area (Å²) in [7, 11) is 0. The number of thiol groups is 1. The molecule has 20 heavy (non-hydrogen) atoms. The maximum Gasteiger partial charge on any atom is 0.573 e. The van der Waals surface area contributed by atoms with Crippen molar-refractivity contribution >= 4 is 40.2 Å². The normalized spacial score (nSPS) is 19.6. The van der Waals surface area contributed by atoms with Crippen molar-refractivity contribution in [2.45, 2.75) is 12.8 Å². The van der Waals surface area contributed by atoms with Crippen molar-refractivity contribution in [1.82, 2.24) is 0 Å². The van der Waals surface area contributed by atoms with Gasteiger partial charge in [-0.05, 0) is 39.7 Å². The van der Waals surface area contributed by atoms with E-state index in [1.54, 1.807) is 0 Å². The van der Waals surface area contributed by atoms with Crippen molar-refractivity contribution in [1.29, 1.82) is 0 Å². The van der Waals surface area contributed by atoms with E-state index in [9.17, 15) is 18.0 Å². The average molecular weight is 370 g/mol. The van der Waals surface area contributed by atoms with Crippen molar-refractivity contribution in [2.75, 3.05) is 17.2 Å². The molecule has 1 atom stereocenters. The Morgan fingerprint density at radius 1 is 1.45 bits per heavy atom. The molecule has 1 aromatic rings. The fourth-order valence-electron chi connectivity index (χ4n) is 2.03. The largest absolute Gasteiger partial charge is 0.573 e. The van der Waals surface area contributed by atoms with E-state index in [1.165, 1.54) is 23.1 Å². The van der Waals surface area contributed by atoms with E-state index in [0.717, 1.165) is 0 Å². The van der Waals surface area contributed by atoms with Crippen molar-refractivity contribution in [2.24, 2.45) is 5.92 Å². The zero-order valence-corrected chi connectivity index (χ0v) is 12.6. The lowest BCUT2D eigenvalue weighted by atomic mass is 10.1. The Morgan fingerprint density at radius 3 is 2.70 bits per heavy atom. The number of carbonyl (C=O) groups excluding carboxylic acids is 1. The summed E-state index contributed by atoms with van der Waals surface area (Å²) in [5.41, 5.74) is 0.376. The lowest BCUT2D eigenvalue weighted by Crippen LogP contribution is -2.25. The SMILES string of the molecule is O=C1CC(CS)CN1c1cc(OC(F)(F)F)ccc1Br. The molecule has 0 saturated carbocycles. The number of benzene rings is 1. The Labute approximate surface area is 127 Å². The zero-order chi connectivity index (χ0) is 14.9. The van der Waals surface area contributed by atoms with E-state index in [0.29, 0.717) is 28.9 Å². The van der Waals surface area contributed by atoms with Gasteiger partial charge in [-0.15, -0.1) is 13.2 Å². The first-order chi connectivity index (χ1) is 9.30. The van der Waals surface area contributed by atoms with Crippen molar-refractivity contribution in [3.8, 4) is 5.75 Å². The zero-order valence-electron chi connectivity index (χ0n) is 10.2. The fourth-order valence-corrected chi connectivity index (χ4v) is 2.74. The molecule has 0 spiro atoms. The van der Waals surface area contributed by atoms with Gasteiger partial charge in [0.15, 0.2) is 0 Å². The third-order valence-electron chi connectivity index (χ3n) is 2.91. The Kier molecular flexibility index (Phi) is 4.53. The van der Waals surface area contributed by atoms with Gasteiger partial charge in [0.2, 0.25) is 5.91 Å². The molecule has 0 aliphatic carbocycles. The third kappa shape index (κ3) is 3.60. The number of alkyl halides is 3. The van der Waals surface area contributed by atoms with Gasteiger partial charge in [-0.25, -0.2) is 0 Å². The quantitative estimate of drug-likeness (QED) is 0.824. The van der Waals surface area contributed by atoms with Crippen LogP contribution in [0.25, 0.3) is 0 Å². The molecule has 1 aliphatic rings. The van der Waals surface area contributed by atoms with Crippen LogP contribution >= 0.6 is 28.6 Å². The van der Waals surface area contributed by atoms with Gasteiger partial charge in [0.05, 0.1) is 5.69 Å². The predicted molar refractivity (Wildman–Crippen MR) is 75.1 cm³/mol. The second-order valence-electron chi connectivity index (χ2n) is 4.42. The number of hydrogen-bond acceptors (Lipinski definition) is 3. The van der Waals surface area contributed by atoms with Crippen molar-refractivity contribution in [3.05, 3.63) is 22.7 Å². The van der Waals surface area contributed by atoms with Crippen LogP contribution in [0.1, 0.15) is 6.42 Å². The summed E-state index contributed by atoms with van der Waals surface area (Å²) in [6, 6.07) is 3.83. The lowest BCUT2D eigenvalue weighted by molar-refractivity contribution is -0.274. The molecule has 1 aliphatic heterocycles. The number of carbonyl (C=O) groups is 1. The van der Waals surface area contributed by atoms with Crippen LogP contribution in [-0.2, 0) is 4.79 Å². The van der Waals surface area contributed by atoms with Gasteiger partial charge in [-0.2, -0.15) is 12.6 Å². The van der Waals surface area contributed by atoms with Gasteiger partial charge >= 0.3 is 6.36 Å². The monoisotopic (exact) mass is 369 g/mol. The third-order valence-corrected chi connectivity index (χ3v) is 4.09. The summed E-state index contributed by atoms with van der Waals surface area (Å²) in [6.07, 6.45) is -4.41. The molecule has 0 bridgehead atoms. The first-order valence-electron chi connectivity index (χ1n) is 5.76. The van der Waals surface area contributed by atoms with Gasteiger partial charge in [0.1, 0.15) is 5.75 Å². The van der Waals surface area contributed by atoms with Crippen molar-refractivity contribution < 1.29 is 22.7 Å². The van der Waals surface area contributed by atoms with Crippen LogP contribution in [0, 0.1) is 5.92 Å². The Bertz CT molecular complexity index is 524. The molecule has 110 valence electrons. The molecule has 1 fully saturated rings. The number of rotatable bonds is 3. The second kappa shape index (κ2) is 5.85. The van der Waals surface area contributed by atoms with Gasteiger partial charge in [0.25, 0.3) is 0 Å². The van der Waals surface area contributed by atoms with E-state index >= 15 is 0 Å². The fraction of sp³-hybridized carbons (Fsp3) is 0.417. The van der Waals surface area contributed by atoms with E-state index in [-0.39, 0.29) is 17.6 Å². The standard InChI is InChI=1S/C12H11BrF3NO2S/c13-9-2-1-8(19-12(14,15)16)4-10(9)17-5-7(6-20)3-11(17)18/h1-2,4,7,20H,3,5-6H2. The van der Waals surface area contributed by atoms with Crippen LogP contribution in [-0.4, -0.2) is 24.6 Å². The molecule has 2 rings (SSSR count). The first-order valence-corrected chi connectivity index (χ1v) is 7.19. The van der Waals surface area contributed by atoms with E-state index in [2.05, 4.69) is 33.3 Å². The molecule has 1 heterocycles. The minimum Gasteiger partial charge on any atom is -0.406 e. The van der Waals surface area contributed by atoms with Gasteiger partial charge in [-0.3, -0.25) is 4.79 Å². The molecule has 1 saturated heterocycles. The predicted octanol–water partition coefficient (Wildman–Crippen LogP) is 3.63. The van der Waals surface area contributed by atoms with Crippen LogP contribution < -0.4 is 9.64 Å². The highest BCUT2D eigenvalue weighted by Gasteiger charge is 2.33. The molecule has 0 radical (unpaired) electrons. The minimum absolute atomic E-state index is 0.102. The van der Waals surface area contributed by atoms with Crippen LogP contribution in [0.3, 0.4) is 0 Å². The molecule has 1 unspecified atom stereocenters. The number of anilines is 1. The van der Waals surface area contributed by atoms with Crippen LogP contribution in [0.2, 0.25) is 0 Å². The Hall–Kier alpha value is -0.890. The highest BCUT2D eigenvalue weighted by atomic mass is 79.9. The summed E-state index contributed by atoms with van der Waals surface area (Å²) in [5, 5.41) is 0. The highest BCUT2D eigenvalue weighted by molar-refractivity contribution is 9.10. The summed E-state index contributed by atoms with van der Waals surface area (Å²) in [5.74, 6) is 0.176. The van der Waals surface area contributed by atoms with Gasteiger partial charge < -0.3 is 9.64 Å². The number of amides is 1.